The van der Waals surface area contributed by atoms with Crippen molar-refractivity contribution in [3.63, 3.8) is 0 Å². The third-order valence-electron chi connectivity index (χ3n) is 4.83. The van der Waals surface area contributed by atoms with Crippen molar-refractivity contribution in [1.29, 1.82) is 0 Å². The Balaban J connectivity index is 2.02. The van der Waals surface area contributed by atoms with Gasteiger partial charge in [-0.2, -0.15) is 0 Å². The lowest BCUT2D eigenvalue weighted by atomic mass is 9.84. The number of carbonyl (C=O) groups excluding carboxylic acids is 1. The molecule has 1 fully saturated rings. The summed E-state index contributed by atoms with van der Waals surface area (Å²) in [5.74, 6) is 1.09. The van der Waals surface area contributed by atoms with Crippen LogP contribution in [0.1, 0.15) is 32.8 Å². The van der Waals surface area contributed by atoms with Gasteiger partial charge in [0.2, 0.25) is 0 Å². The van der Waals surface area contributed by atoms with E-state index in [2.05, 4.69) is 13.8 Å². The fourth-order valence-electron chi connectivity index (χ4n) is 3.05. The van der Waals surface area contributed by atoms with Crippen LogP contribution in [0.3, 0.4) is 0 Å². The summed E-state index contributed by atoms with van der Waals surface area (Å²) in [6, 6.07) is 10.0. The van der Waals surface area contributed by atoms with Crippen molar-refractivity contribution in [3.8, 4) is 0 Å². The molecule has 0 spiro atoms. The van der Waals surface area contributed by atoms with E-state index >= 15 is 0 Å². The van der Waals surface area contributed by atoms with Gasteiger partial charge in [-0.1, -0.05) is 55.9 Å². The molecule has 5 nitrogen and oxygen atoms in total. The molecule has 0 amide bonds. The second kappa shape index (κ2) is 11.0. The number of hydrogen-bond donors (Lipinski definition) is 1. The van der Waals surface area contributed by atoms with Gasteiger partial charge in [0.15, 0.2) is 11.4 Å². The van der Waals surface area contributed by atoms with Gasteiger partial charge in [0.25, 0.3) is 0 Å². The summed E-state index contributed by atoms with van der Waals surface area (Å²) in [6.07, 6.45) is -0.187. The summed E-state index contributed by atoms with van der Waals surface area (Å²) in [6.45, 7) is 6.86. The molecule has 5 atom stereocenters. The van der Waals surface area contributed by atoms with Gasteiger partial charge < -0.3 is 19.3 Å². The van der Waals surface area contributed by atoms with Gasteiger partial charge in [0, 0.05) is 19.3 Å². The number of carbonyl (C=O) groups is 1. The van der Waals surface area contributed by atoms with Crippen molar-refractivity contribution in [3.05, 3.63) is 35.9 Å². The van der Waals surface area contributed by atoms with Crippen LogP contribution in [0.4, 0.5) is 0 Å². The van der Waals surface area contributed by atoms with Gasteiger partial charge >= 0.3 is 0 Å². The summed E-state index contributed by atoms with van der Waals surface area (Å²) in [7, 11) is 0. The molecule has 6 heteroatoms. The Kier molecular flexibility index (Phi) is 9.08. The molecule has 1 aromatic carbocycles. The number of thioether (sulfide) groups is 1. The first-order valence-corrected chi connectivity index (χ1v) is 10.2. The lowest BCUT2D eigenvalue weighted by Crippen LogP contribution is -2.52. The average Bonchev–Trinajstić information content (AvgIpc) is 2.64. The Labute approximate surface area is 160 Å². The van der Waals surface area contributed by atoms with Gasteiger partial charge in [-0.3, -0.25) is 4.79 Å². The molecule has 1 aromatic rings. The summed E-state index contributed by atoms with van der Waals surface area (Å²) >= 11 is 1.29. The van der Waals surface area contributed by atoms with Crippen LogP contribution < -0.4 is 0 Å². The van der Waals surface area contributed by atoms with Crippen LogP contribution in [0, 0.1) is 11.8 Å². The standard InChI is InChI=1S/C20H30O5S/c1-14-15(2)19(24-12-17-8-5-4-6-9-17)20(23-11-7-10-21)25-18(14)13-26-16(3)22/h4-6,8-9,14-15,18-21H,7,10-13H2,1-3H3/t14-,15-,18+,19+,20-/m0/s1. The fraction of sp³-hybridized carbons (Fsp3) is 0.650. The van der Waals surface area contributed by atoms with Crippen LogP contribution in [0.2, 0.25) is 0 Å². The molecule has 1 N–H and O–H groups in total. The van der Waals surface area contributed by atoms with E-state index in [-0.39, 0.29) is 35.8 Å². The van der Waals surface area contributed by atoms with Gasteiger partial charge in [-0.05, 0) is 23.8 Å². The smallest absolute Gasteiger partial charge is 0.185 e. The number of benzene rings is 1. The molecule has 0 aromatic heterocycles. The highest BCUT2D eigenvalue weighted by Gasteiger charge is 2.42. The predicted molar refractivity (Wildman–Crippen MR) is 103 cm³/mol. The third kappa shape index (κ3) is 6.35. The molecule has 0 aliphatic carbocycles. The van der Waals surface area contributed by atoms with E-state index in [1.165, 1.54) is 11.8 Å². The average molecular weight is 383 g/mol. The first-order valence-electron chi connectivity index (χ1n) is 9.19. The minimum atomic E-state index is -0.492. The summed E-state index contributed by atoms with van der Waals surface area (Å²) in [5.41, 5.74) is 1.11. The maximum atomic E-state index is 11.3. The van der Waals surface area contributed by atoms with E-state index in [0.29, 0.717) is 25.4 Å². The minimum absolute atomic E-state index is 0.0606. The zero-order valence-electron chi connectivity index (χ0n) is 15.8. The SMILES string of the molecule is CC(=O)SC[C@H]1O[C@H](OCCCO)[C@H](OCc2ccccc2)[C@@H](C)[C@@H]1C. The maximum Gasteiger partial charge on any atom is 0.185 e. The zero-order chi connectivity index (χ0) is 18.9. The molecular formula is C20H30O5S. The lowest BCUT2D eigenvalue weighted by molar-refractivity contribution is -0.278. The number of ether oxygens (including phenoxy) is 3. The molecular weight excluding hydrogens is 352 g/mol. The Hall–Kier alpha value is -0.920. The molecule has 0 bridgehead atoms. The van der Waals surface area contributed by atoms with E-state index < -0.39 is 6.29 Å². The van der Waals surface area contributed by atoms with Crippen LogP contribution >= 0.6 is 11.8 Å². The van der Waals surface area contributed by atoms with Crippen molar-refractivity contribution in [2.45, 2.75) is 52.3 Å². The molecule has 1 heterocycles. The molecule has 0 radical (unpaired) electrons. The first kappa shape index (κ1) is 21.4. The number of aliphatic hydroxyl groups excluding tert-OH is 1. The highest BCUT2D eigenvalue weighted by atomic mass is 32.2. The monoisotopic (exact) mass is 382 g/mol. The largest absolute Gasteiger partial charge is 0.396 e. The zero-order valence-corrected chi connectivity index (χ0v) is 16.6. The van der Waals surface area contributed by atoms with Gasteiger partial charge in [-0.25, -0.2) is 0 Å². The van der Waals surface area contributed by atoms with Crippen molar-refractivity contribution in [1.82, 2.24) is 0 Å². The third-order valence-corrected chi connectivity index (χ3v) is 5.73. The van der Waals surface area contributed by atoms with Gasteiger partial charge in [0.05, 0.1) is 19.3 Å². The number of rotatable bonds is 9. The second-order valence-electron chi connectivity index (χ2n) is 6.77. The normalized spacial score (nSPS) is 28.8. The molecule has 2 rings (SSSR count). The molecule has 1 aliphatic heterocycles. The van der Waals surface area contributed by atoms with E-state index in [4.69, 9.17) is 19.3 Å². The summed E-state index contributed by atoms with van der Waals surface area (Å²) < 4.78 is 18.2. The van der Waals surface area contributed by atoms with E-state index in [0.717, 1.165) is 5.56 Å². The summed E-state index contributed by atoms with van der Waals surface area (Å²) in [4.78, 5) is 11.3. The Bertz CT molecular complexity index is 538. The van der Waals surface area contributed by atoms with E-state index in [1.807, 2.05) is 30.3 Å². The van der Waals surface area contributed by atoms with Crippen LogP contribution in [0.5, 0.6) is 0 Å². The van der Waals surface area contributed by atoms with Crippen LogP contribution in [-0.2, 0) is 25.6 Å². The molecule has 0 unspecified atom stereocenters. The topological polar surface area (TPSA) is 65.0 Å². The molecule has 1 saturated heterocycles. The van der Waals surface area contributed by atoms with Crippen LogP contribution in [0.25, 0.3) is 0 Å². The van der Waals surface area contributed by atoms with Crippen molar-refractivity contribution in [2.24, 2.45) is 11.8 Å². The first-order chi connectivity index (χ1) is 12.5. The van der Waals surface area contributed by atoms with Crippen molar-refractivity contribution < 1.29 is 24.1 Å². The highest BCUT2D eigenvalue weighted by molar-refractivity contribution is 8.13. The molecule has 1 aliphatic rings. The highest BCUT2D eigenvalue weighted by Crippen LogP contribution is 2.35. The van der Waals surface area contributed by atoms with Crippen LogP contribution in [0.15, 0.2) is 30.3 Å². The summed E-state index contributed by atoms with van der Waals surface area (Å²) in [5, 5.41) is 9.10. The van der Waals surface area contributed by atoms with Crippen molar-refractivity contribution >= 4 is 16.9 Å². The maximum absolute atomic E-state index is 11.3. The van der Waals surface area contributed by atoms with Crippen LogP contribution in [-0.4, -0.2) is 47.7 Å². The van der Waals surface area contributed by atoms with Gasteiger partial charge in [0.1, 0.15) is 6.10 Å². The van der Waals surface area contributed by atoms with Crippen molar-refractivity contribution in [2.75, 3.05) is 19.0 Å². The molecule has 26 heavy (non-hydrogen) atoms. The quantitative estimate of drug-likeness (QED) is 0.662. The lowest BCUT2D eigenvalue weighted by Gasteiger charge is -2.44. The van der Waals surface area contributed by atoms with E-state index in [9.17, 15) is 4.79 Å². The Morgan fingerprint density at radius 3 is 2.58 bits per heavy atom. The van der Waals surface area contributed by atoms with E-state index in [1.54, 1.807) is 6.92 Å². The second-order valence-corrected chi connectivity index (χ2v) is 7.97. The Morgan fingerprint density at radius 2 is 1.92 bits per heavy atom. The minimum Gasteiger partial charge on any atom is -0.396 e. The van der Waals surface area contributed by atoms with Gasteiger partial charge in [-0.15, -0.1) is 0 Å². The molecule has 0 saturated carbocycles. The number of aliphatic hydroxyl groups is 1. The Morgan fingerprint density at radius 1 is 1.19 bits per heavy atom. The number of hydrogen-bond acceptors (Lipinski definition) is 6. The predicted octanol–water partition coefficient (Wildman–Crippen LogP) is 3.25. The fourth-order valence-corrected chi connectivity index (χ4v) is 3.83. The molecule has 146 valence electrons.